The van der Waals surface area contributed by atoms with Crippen LogP contribution in [-0.4, -0.2) is 31.3 Å². The number of hydrogen-bond donors (Lipinski definition) is 0. The minimum absolute atomic E-state index is 0.310. The molecule has 2 rings (SSSR count). The molecule has 0 aliphatic rings. The molecule has 2 aromatic rings. The number of hydrogen-bond acceptors (Lipinski definition) is 7. The van der Waals surface area contributed by atoms with Crippen LogP contribution in [0.25, 0.3) is 0 Å². The Hall–Kier alpha value is -2.61. The fourth-order valence-corrected chi connectivity index (χ4v) is 2.31. The highest BCUT2D eigenvalue weighted by atomic mass is 32.1. The van der Waals surface area contributed by atoms with E-state index in [9.17, 15) is 4.79 Å². The molecule has 0 saturated heterocycles. The largest absolute Gasteiger partial charge is 0.460 e. The van der Waals surface area contributed by atoms with Crippen molar-refractivity contribution in [3.8, 4) is 0 Å². The molecule has 1 heterocycles. The summed E-state index contributed by atoms with van der Waals surface area (Å²) in [6.07, 6.45) is 0. The van der Waals surface area contributed by atoms with E-state index in [2.05, 4.69) is 21.9 Å². The van der Waals surface area contributed by atoms with Crippen LogP contribution >= 0.6 is 11.3 Å². The van der Waals surface area contributed by atoms with Crippen molar-refractivity contribution in [2.24, 2.45) is 17.3 Å². The molecular formula is C16H20N5O2S+. The van der Waals surface area contributed by atoms with E-state index >= 15 is 0 Å². The van der Waals surface area contributed by atoms with E-state index in [-0.39, 0.29) is 5.97 Å². The first-order valence-corrected chi connectivity index (χ1v) is 8.20. The van der Waals surface area contributed by atoms with E-state index in [4.69, 9.17) is 4.74 Å². The number of azo groups is 1. The summed E-state index contributed by atoms with van der Waals surface area (Å²) in [7, 11) is 3.77. The van der Waals surface area contributed by atoms with Gasteiger partial charge in [0, 0.05) is 23.4 Å². The molecule has 0 bridgehead atoms. The number of aryl methyl sites for hydroxylation is 1. The molecule has 7 nitrogen and oxygen atoms in total. The fourth-order valence-electron chi connectivity index (χ4n) is 1.75. The van der Waals surface area contributed by atoms with E-state index in [1.54, 1.807) is 11.6 Å². The molecule has 1 aromatic carbocycles. The molecule has 0 atom stereocenters. The van der Waals surface area contributed by atoms with Gasteiger partial charge in [0.1, 0.15) is 6.61 Å². The zero-order valence-corrected chi connectivity index (χ0v) is 14.8. The van der Waals surface area contributed by atoms with Gasteiger partial charge in [-0.1, -0.05) is 11.3 Å². The number of anilines is 1. The monoisotopic (exact) mass is 346 g/mol. The van der Waals surface area contributed by atoms with Gasteiger partial charge in [0.2, 0.25) is 0 Å². The number of likely N-dealkylation sites (N-methyl/N-ethyl adjacent to an activating group) is 1. The van der Waals surface area contributed by atoms with Crippen LogP contribution in [0.2, 0.25) is 0 Å². The summed E-state index contributed by atoms with van der Waals surface area (Å²) >= 11 is 1.43. The summed E-state index contributed by atoms with van der Waals surface area (Å²) in [6, 6.07) is 7.64. The third-order valence-electron chi connectivity index (χ3n) is 3.10. The number of ether oxygens (including phenoxy) is 1. The van der Waals surface area contributed by atoms with Gasteiger partial charge in [-0.25, -0.2) is 4.79 Å². The average Bonchev–Trinajstić information content (AvgIpc) is 2.98. The van der Waals surface area contributed by atoms with Crippen molar-refractivity contribution < 1.29 is 14.2 Å². The highest BCUT2D eigenvalue weighted by Crippen LogP contribution is 2.21. The van der Waals surface area contributed by atoms with Crippen molar-refractivity contribution in [1.29, 1.82) is 0 Å². The molecule has 126 valence electrons. The van der Waals surface area contributed by atoms with Gasteiger partial charge in [-0.2, -0.15) is 0 Å². The smallest absolute Gasteiger partial charge is 0.333 e. The molecule has 8 heteroatoms. The Morgan fingerprint density at radius 1 is 1.38 bits per heavy atom. The van der Waals surface area contributed by atoms with Gasteiger partial charge in [0.15, 0.2) is 7.05 Å². The number of nitrogens with zero attached hydrogens (tertiary/aromatic N) is 5. The number of esters is 1. The van der Waals surface area contributed by atoms with E-state index in [0.29, 0.717) is 23.9 Å². The van der Waals surface area contributed by atoms with Crippen molar-refractivity contribution in [2.75, 3.05) is 25.1 Å². The lowest BCUT2D eigenvalue weighted by atomic mass is 10.2. The van der Waals surface area contributed by atoms with Crippen molar-refractivity contribution in [3.05, 3.63) is 41.9 Å². The number of aromatic nitrogens is 2. The SMILES string of the molecule is C=C(C)C(=O)OCCN(C)c1ccc(N=Nc2n[n+](C)cs2)cc1. The van der Waals surface area contributed by atoms with Gasteiger partial charge >= 0.3 is 5.97 Å². The maximum absolute atomic E-state index is 11.3. The minimum atomic E-state index is -0.366. The first kappa shape index (κ1) is 17.7. The molecule has 1 aromatic heterocycles. The summed E-state index contributed by atoms with van der Waals surface area (Å²) < 4.78 is 6.78. The summed E-state index contributed by atoms with van der Waals surface area (Å²) in [5.41, 5.74) is 4.01. The average molecular weight is 346 g/mol. The van der Waals surface area contributed by atoms with Gasteiger partial charge in [-0.05, 0) is 42.5 Å². The molecule has 0 fully saturated rings. The van der Waals surface area contributed by atoms with Gasteiger partial charge in [0.05, 0.1) is 12.2 Å². The first-order valence-electron chi connectivity index (χ1n) is 7.32. The highest BCUT2D eigenvalue weighted by Gasteiger charge is 2.06. The number of benzene rings is 1. The predicted molar refractivity (Wildman–Crippen MR) is 93.0 cm³/mol. The lowest BCUT2D eigenvalue weighted by Gasteiger charge is -2.19. The number of rotatable bonds is 7. The Balaban J connectivity index is 1.87. The summed E-state index contributed by atoms with van der Waals surface area (Å²) in [5.74, 6) is -0.366. The van der Waals surface area contributed by atoms with Crippen molar-refractivity contribution in [2.45, 2.75) is 6.92 Å². The molecule has 0 aliphatic carbocycles. The lowest BCUT2D eigenvalue weighted by molar-refractivity contribution is -0.724. The number of carbonyl (C=O) groups excluding carboxylic acids is 1. The van der Waals surface area contributed by atoms with E-state index in [1.807, 2.05) is 48.8 Å². The van der Waals surface area contributed by atoms with Crippen LogP contribution in [0.3, 0.4) is 0 Å². The third-order valence-corrected chi connectivity index (χ3v) is 3.89. The van der Waals surface area contributed by atoms with Gasteiger partial charge in [-0.3, -0.25) is 0 Å². The molecule has 0 saturated carbocycles. The second-order valence-electron chi connectivity index (χ2n) is 5.23. The van der Waals surface area contributed by atoms with Gasteiger partial charge < -0.3 is 9.64 Å². The molecule has 0 aliphatic heterocycles. The zero-order valence-electron chi connectivity index (χ0n) is 14.0. The topological polar surface area (TPSA) is 71.0 Å². The lowest BCUT2D eigenvalue weighted by Crippen LogP contribution is -2.27. The van der Waals surface area contributed by atoms with E-state index in [1.165, 1.54) is 11.3 Å². The quantitative estimate of drug-likeness (QED) is 0.334. The van der Waals surface area contributed by atoms with Crippen LogP contribution in [0.15, 0.2) is 52.2 Å². The maximum atomic E-state index is 11.3. The molecule has 0 spiro atoms. The Morgan fingerprint density at radius 2 is 2.08 bits per heavy atom. The number of carbonyl (C=O) groups is 1. The predicted octanol–water partition coefficient (Wildman–Crippen LogP) is 2.94. The Kier molecular flexibility index (Phi) is 6.14. The van der Waals surface area contributed by atoms with Crippen LogP contribution in [0.5, 0.6) is 0 Å². The molecule has 24 heavy (non-hydrogen) atoms. The van der Waals surface area contributed by atoms with Crippen LogP contribution in [0.4, 0.5) is 16.5 Å². The summed E-state index contributed by atoms with van der Waals surface area (Å²) in [4.78, 5) is 13.3. The summed E-state index contributed by atoms with van der Waals surface area (Å²) in [6.45, 7) is 6.08. The molecule has 0 N–H and O–H groups in total. The van der Waals surface area contributed by atoms with Crippen molar-refractivity contribution >= 4 is 33.8 Å². The van der Waals surface area contributed by atoms with Crippen LogP contribution in [-0.2, 0) is 16.6 Å². The van der Waals surface area contributed by atoms with Crippen LogP contribution < -0.4 is 9.58 Å². The van der Waals surface area contributed by atoms with Gasteiger partial charge in [0.25, 0.3) is 10.6 Å². The normalized spacial score (nSPS) is 10.8. The first-order chi connectivity index (χ1) is 11.5. The highest BCUT2D eigenvalue weighted by molar-refractivity contribution is 7.12. The molecule has 0 amide bonds. The fraction of sp³-hybridized carbons (Fsp3) is 0.312. The van der Waals surface area contributed by atoms with Crippen LogP contribution in [0, 0.1) is 0 Å². The van der Waals surface area contributed by atoms with Gasteiger partial charge in [-0.15, -0.1) is 10.2 Å². The molecule has 0 radical (unpaired) electrons. The van der Waals surface area contributed by atoms with E-state index in [0.717, 1.165) is 11.4 Å². The molecular weight excluding hydrogens is 326 g/mol. The second kappa shape index (κ2) is 8.30. The molecule has 0 unspecified atom stereocenters. The minimum Gasteiger partial charge on any atom is -0.460 e. The maximum Gasteiger partial charge on any atom is 0.333 e. The zero-order chi connectivity index (χ0) is 17.5. The van der Waals surface area contributed by atoms with Crippen LogP contribution in [0.1, 0.15) is 6.92 Å². The standard InChI is InChI=1S/C16H20N5O2S/c1-12(2)15(22)23-10-9-20(3)14-7-5-13(6-8-14)17-18-16-19-21(4)11-24-16/h5-8,11H,1,9-10H2,2-4H3/q+1. The Morgan fingerprint density at radius 3 is 2.67 bits per heavy atom. The Labute approximate surface area is 144 Å². The van der Waals surface area contributed by atoms with Crippen molar-refractivity contribution in [3.63, 3.8) is 0 Å². The summed E-state index contributed by atoms with van der Waals surface area (Å²) in [5, 5.41) is 13.0. The third kappa shape index (κ3) is 5.24. The van der Waals surface area contributed by atoms with Crippen molar-refractivity contribution in [1.82, 2.24) is 5.10 Å². The second-order valence-corrected chi connectivity index (χ2v) is 6.05. The van der Waals surface area contributed by atoms with E-state index < -0.39 is 0 Å². The Bertz CT molecular complexity index is 739.